The number of aromatic nitrogens is 3. The fraction of sp³-hybridized carbons (Fsp3) is 0.476. The fourth-order valence-electron chi connectivity index (χ4n) is 4.18. The van der Waals surface area contributed by atoms with Gasteiger partial charge in [0.2, 0.25) is 0 Å². The topological polar surface area (TPSA) is 51.1 Å². The van der Waals surface area contributed by atoms with E-state index in [0.717, 1.165) is 40.0 Å². The van der Waals surface area contributed by atoms with Crippen molar-refractivity contribution < 1.29 is 9.13 Å². The Hall–Kier alpha value is -1.38. The smallest absolute Gasteiger partial charge is 0.134 e. The number of rotatable bonds is 4. The highest BCUT2D eigenvalue weighted by Crippen LogP contribution is 2.37. The highest BCUT2D eigenvalue weighted by Gasteiger charge is 2.36. The van der Waals surface area contributed by atoms with E-state index in [1.165, 1.54) is 11.5 Å². The summed E-state index contributed by atoms with van der Waals surface area (Å²) < 4.78 is 24.6. The summed E-state index contributed by atoms with van der Waals surface area (Å²) in [5, 5.41) is 2.09. The molecule has 2 fully saturated rings. The lowest BCUT2D eigenvalue weighted by atomic mass is 9.86. The van der Waals surface area contributed by atoms with Crippen LogP contribution in [0.25, 0.3) is 10.9 Å². The Kier molecular flexibility index (Phi) is 5.66. The van der Waals surface area contributed by atoms with Crippen molar-refractivity contribution in [3.05, 3.63) is 50.3 Å². The van der Waals surface area contributed by atoms with Gasteiger partial charge in [-0.3, -0.25) is 4.90 Å². The summed E-state index contributed by atoms with van der Waals surface area (Å²) in [4.78, 5) is 12.3. The van der Waals surface area contributed by atoms with Crippen molar-refractivity contribution in [1.82, 2.24) is 19.2 Å². The molecule has 0 saturated carbocycles. The van der Waals surface area contributed by atoms with Crippen LogP contribution in [-0.2, 0) is 11.2 Å². The molecule has 0 unspecified atom stereocenters. The molecule has 30 heavy (non-hydrogen) atoms. The molecule has 2 aliphatic rings. The zero-order chi connectivity index (χ0) is 20.8. The number of piperidine rings is 1. The minimum atomic E-state index is -0.963. The molecule has 0 N–H and O–H groups in total. The van der Waals surface area contributed by atoms with Crippen LogP contribution in [0.1, 0.15) is 34.3 Å². The maximum absolute atomic E-state index is 15.1. The zero-order valence-corrected chi connectivity index (χ0v) is 18.8. The minimum absolute atomic E-state index is 0.226. The molecule has 5 nitrogen and oxygen atoms in total. The van der Waals surface area contributed by atoms with Gasteiger partial charge >= 0.3 is 0 Å². The predicted molar refractivity (Wildman–Crippen MR) is 118 cm³/mol. The van der Waals surface area contributed by atoms with Gasteiger partial charge in [-0.2, -0.15) is 4.37 Å². The van der Waals surface area contributed by atoms with Crippen LogP contribution in [0.2, 0.25) is 10.0 Å². The van der Waals surface area contributed by atoms with E-state index in [2.05, 4.69) is 14.3 Å². The van der Waals surface area contributed by atoms with Gasteiger partial charge in [0.05, 0.1) is 40.4 Å². The number of halogens is 3. The summed E-state index contributed by atoms with van der Waals surface area (Å²) in [6, 6.07) is 4.13. The van der Waals surface area contributed by atoms with E-state index in [9.17, 15) is 0 Å². The van der Waals surface area contributed by atoms with E-state index in [1.807, 2.05) is 19.1 Å². The van der Waals surface area contributed by atoms with Crippen LogP contribution in [0.5, 0.6) is 0 Å². The van der Waals surface area contributed by atoms with Gasteiger partial charge in [-0.25, -0.2) is 14.4 Å². The first-order valence-electron chi connectivity index (χ1n) is 10.0. The normalized spacial score (nSPS) is 23.1. The average molecular weight is 467 g/mol. The lowest BCUT2D eigenvalue weighted by molar-refractivity contribution is -0.0806. The molecule has 5 rings (SSSR count). The third-order valence-corrected chi connectivity index (χ3v) is 7.91. The highest BCUT2D eigenvalue weighted by molar-refractivity contribution is 7.06. The van der Waals surface area contributed by atoms with Crippen molar-refractivity contribution in [2.45, 2.75) is 37.9 Å². The fourth-order valence-corrected chi connectivity index (χ4v) is 5.51. The van der Waals surface area contributed by atoms with E-state index in [4.69, 9.17) is 32.9 Å². The molecule has 2 aliphatic heterocycles. The van der Waals surface area contributed by atoms with Crippen LogP contribution >= 0.6 is 34.7 Å². The lowest BCUT2D eigenvalue weighted by Gasteiger charge is -2.43. The zero-order valence-electron chi connectivity index (χ0n) is 16.4. The molecular weight excluding hydrogens is 446 g/mol. The van der Waals surface area contributed by atoms with Gasteiger partial charge in [0.1, 0.15) is 12.0 Å². The summed E-state index contributed by atoms with van der Waals surface area (Å²) in [6.07, 6.45) is 2.05. The number of aryl methyl sites for hydroxylation is 1. The Balaban J connectivity index is 1.41. The minimum Gasteiger partial charge on any atom is -0.378 e. The first-order valence-corrected chi connectivity index (χ1v) is 11.5. The summed E-state index contributed by atoms with van der Waals surface area (Å²) in [5.74, 6) is 0.439. The second kappa shape index (κ2) is 8.28. The van der Waals surface area contributed by atoms with Crippen LogP contribution < -0.4 is 0 Å². The predicted octanol–water partition coefficient (Wildman–Crippen LogP) is 4.82. The quantitative estimate of drug-likeness (QED) is 0.551. The molecule has 2 saturated heterocycles. The molecule has 4 heterocycles. The van der Waals surface area contributed by atoms with E-state index in [-0.39, 0.29) is 5.92 Å². The molecule has 0 amide bonds. The molecule has 0 radical (unpaired) electrons. The number of likely N-dealkylation sites (tertiary alicyclic amines) is 1. The first kappa shape index (κ1) is 20.5. The number of alkyl halides is 1. The second-order valence-corrected chi connectivity index (χ2v) is 9.64. The molecule has 2 atom stereocenters. The summed E-state index contributed by atoms with van der Waals surface area (Å²) >= 11 is 14.2. The van der Waals surface area contributed by atoms with Crippen molar-refractivity contribution >= 4 is 45.6 Å². The Bertz CT molecular complexity index is 1090. The van der Waals surface area contributed by atoms with Gasteiger partial charge in [-0.1, -0.05) is 23.2 Å². The maximum Gasteiger partial charge on any atom is 0.134 e. The van der Waals surface area contributed by atoms with Gasteiger partial charge in [-0.15, -0.1) is 0 Å². The number of fused-ring (bicyclic) bond motifs is 1. The SMILES string of the molecule is Cc1nsc(Cc2ncc3cc(Cl)c([C@@H]4CCN(C5COC5)C[C@H]4F)cc3n2)c1Cl. The largest absolute Gasteiger partial charge is 0.378 e. The monoisotopic (exact) mass is 466 g/mol. The number of benzene rings is 1. The van der Waals surface area contributed by atoms with E-state index in [1.54, 1.807) is 6.20 Å². The molecule has 9 heteroatoms. The molecule has 0 aliphatic carbocycles. The number of hydrogen-bond donors (Lipinski definition) is 0. The molecule has 0 bridgehead atoms. The van der Waals surface area contributed by atoms with Gasteiger partial charge in [0, 0.05) is 35.5 Å². The van der Waals surface area contributed by atoms with Crippen LogP contribution in [0, 0.1) is 6.92 Å². The molecule has 1 aromatic carbocycles. The molecule has 3 aromatic rings. The molecular formula is C21H21Cl2FN4OS. The van der Waals surface area contributed by atoms with Crippen molar-refractivity contribution in [3.63, 3.8) is 0 Å². The first-order chi connectivity index (χ1) is 14.5. The van der Waals surface area contributed by atoms with Crippen LogP contribution in [0.3, 0.4) is 0 Å². The van der Waals surface area contributed by atoms with E-state index >= 15 is 4.39 Å². The lowest BCUT2D eigenvalue weighted by Crippen LogP contribution is -2.54. The Morgan fingerprint density at radius 2 is 2.13 bits per heavy atom. The van der Waals surface area contributed by atoms with Gasteiger partial charge in [0.25, 0.3) is 0 Å². The summed E-state index contributed by atoms with van der Waals surface area (Å²) in [6.45, 7) is 4.57. The average Bonchev–Trinajstić information content (AvgIpc) is 2.99. The van der Waals surface area contributed by atoms with E-state index < -0.39 is 6.17 Å². The Labute approximate surface area is 188 Å². The van der Waals surface area contributed by atoms with Gasteiger partial charge in [-0.05, 0) is 49.1 Å². The number of ether oxygens (including phenoxy) is 1. The van der Waals surface area contributed by atoms with Crippen LogP contribution in [-0.4, -0.2) is 57.8 Å². The molecule has 0 spiro atoms. The third-order valence-electron chi connectivity index (χ3n) is 6.03. The third kappa shape index (κ3) is 3.82. The van der Waals surface area contributed by atoms with Crippen molar-refractivity contribution in [2.24, 2.45) is 0 Å². The Morgan fingerprint density at radius 1 is 1.30 bits per heavy atom. The molecule has 2 aromatic heterocycles. The maximum atomic E-state index is 15.1. The van der Waals surface area contributed by atoms with Crippen molar-refractivity contribution in [1.29, 1.82) is 0 Å². The summed E-state index contributed by atoms with van der Waals surface area (Å²) in [7, 11) is 0. The number of nitrogens with zero attached hydrogens (tertiary/aromatic N) is 4. The standard InChI is InChI=1S/C21H21Cl2FN4OS/c1-11-21(23)19(30-27-11)6-20-25-7-12-4-16(22)15(5-18(12)26-20)14-2-3-28(8-17(14)24)13-9-29-10-13/h4-5,7,13-14,17H,2-3,6,8-10H2,1H3/t14-,17+/m0/s1. The van der Waals surface area contributed by atoms with E-state index in [0.29, 0.717) is 48.1 Å². The van der Waals surface area contributed by atoms with Crippen LogP contribution in [0.15, 0.2) is 18.3 Å². The van der Waals surface area contributed by atoms with Crippen molar-refractivity contribution in [2.75, 3.05) is 26.3 Å². The van der Waals surface area contributed by atoms with Crippen LogP contribution in [0.4, 0.5) is 4.39 Å². The van der Waals surface area contributed by atoms with Gasteiger partial charge in [0.15, 0.2) is 0 Å². The molecule has 158 valence electrons. The highest BCUT2D eigenvalue weighted by atomic mass is 35.5. The van der Waals surface area contributed by atoms with Crippen molar-refractivity contribution in [3.8, 4) is 0 Å². The van der Waals surface area contributed by atoms with Gasteiger partial charge < -0.3 is 4.74 Å². The Morgan fingerprint density at radius 3 is 2.80 bits per heavy atom. The second-order valence-electron chi connectivity index (χ2n) is 8.00. The summed E-state index contributed by atoms with van der Waals surface area (Å²) in [5.41, 5.74) is 2.43. The number of hydrogen-bond acceptors (Lipinski definition) is 6.